The number of nitrogens with two attached hydrogens (primary N) is 1. The van der Waals surface area contributed by atoms with Crippen LogP contribution in [-0.4, -0.2) is 65.9 Å². The number of hydrogen-bond acceptors (Lipinski definition) is 9. The third kappa shape index (κ3) is 2.49. The average molecular weight is 337 g/mol. The molecule has 0 spiro atoms. The molecule has 10 heteroatoms. The SMILES string of the molecule is C=CCOc1nc(N)nc2c1ncn2[C@@H]1O[C@H](CO)[C@@H](O)[C@@]1(C)O. The van der Waals surface area contributed by atoms with E-state index in [0.29, 0.717) is 5.52 Å². The van der Waals surface area contributed by atoms with Crippen molar-refractivity contribution in [1.82, 2.24) is 19.5 Å². The summed E-state index contributed by atoms with van der Waals surface area (Å²) in [7, 11) is 0. The molecule has 0 aromatic carbocycles. The van der Waals surface area contributed by atoms with E-state index in [0.717, 1.165) is 0 Å². The first kappa shape index (κ1) is 16.6. The molecule has 10 nitrogen and oxygen atoms in total. The van der Waals surface area contributed by atoms with Crippen LogP contribution < -0.4 is 10.5 Å². The van der Waals surface area contributed by atoms with E-state index in [9.17, 15) is 15.3 Å². The molecule has 1 fully saturated rings. The Balaban J connectivity index is 2.08. The lowest BCUT2D eigenvalue weighted by Gasteiger charge is -2.27. The molecule has 0 bridgehead atoms. The van der Waals surface area contributed by atoms with Crippen LogP contribution in [0.5, 0.6) is 5.88 Å². The van der Waals surface area contributed by atoms with E-state index < -0.39 is 30.6 Å². The molecular weight excluding hydrogens is 318 g/mol. The summed E-state index contributed by atoms with van der Waals surface area (Å²) in [5, 5.41) is 30.0. The van der Waals surface area contributed by atoms with Gasteiger partial charge in [-0.1, -0.05) is 12.7 Å². The van der Waals surface area contributed by atoms with Crippen LogP contribution in [-0.2, 0) is 4.74 Å². The van der Waals surface area contributed by atoms with Crippen LogP contribution in [0.4, 0.5) is 5.95 Å². The van der Waals surface area contributed by atoms with Crippen molar-refractivity contribution in [1.29, 1.82) is 0 Å². The largest absolute Gasteiger partial charge is 0.472 e. The van der Waals surface area contributed by atoms with Gasteiger partial charge in [-0.05, 0) is 6.92 Å². The second kappa shape index (κ2) is 5.98. The molecule has 0 unspecified atom stereocenters. The van der Waals surface area contributed by atoms with Gasteiger partial charge in [0.05, 0.1) is 12.9 Å². The molecule has 5 N–H and O–H groups in total. The molecule has 3 rings (SSSR count). The molecule has 0 amide bonds. The Labute approximate surface area is 137 Å². The Kier molecular flexibility index (Phi) is 4.13. The fourth-order valence-electron chi connectivity index (χ4n) is 2.71. The number of anilines is 1. The van der Waals surface area contributed by atoms with E-state index in [-0.39, 0.29) is 24.1 Å². The van der Waals surface area contributed by atoms with Crippen LogP contribution in [0.25, 0.3) is 11.2 Å². The van der Waals surface area contributed by atoms with Crippen molar-refractivity contribution >= 4 is 17.1 Å². The maximum Gasteiger partial charge on any atom is 0.247 e. The van der Waals surface area contributed by atoms with Gasteiger partial charge in [-0.3, -0.25) is 4.57 Å². The van der Waals surface area contributed by atoms with Crippen molar-refractivity contribution in [2.45, 2.75) is 31.0 Å². The maximum absolute atomic E-state index is 10.6. The van der Waals surface area contributed by atoms with Gasteiger partial charge in [-0.2, -0.15) is 9.97 Å². The van der Waals surface area contributed by atoms with Crippen molar-refractivity contribution in [3.63, 3.8) is 0 Å². The number of ether oxygens (including phenoxy) is 2. The molecule has 1 aliphatic rings. The lowest BCUT2D eigenvalue weighted by Crippen LogP contribution is -2.44. The topological polar surface area (TPSA) is 149 Å². The number of hydrogen-bond donors (Lipinski definition) is 4. The summed E-state index contributed by atoms with van der Waals surface area (Å²) in [5.74, 6) is 0.133. The lowest BCUT2D eigenvalue weighted by molar-refractivity contribution is -0.0950. The number of nitrogen functional groups attached to an aromatic ring is 1. The maximum atomic E-state index is 10.6. The molecule has 0 aliphatic carbocycles. The predicted octanol–water partition coefficient (Wildman–Crippen LogP) is -1.03. The standard InChI is InChI=1S/C14H19N5O5/c1-3-4-23-11-8-10(17-13(15)18-11)19(6-16-8)12-14(2,22)9(21)7(5-20)24-12/h3,6-7,9,12,20-22H,1,4-5H2,2H3,(H2,15,17,18)/t7-,9-,12-,14-/m1/s1. The van der Waals surface area contributed by atoms with Gasteiger partial charge in [0, 0.05) is 0 Å². The first-order valence-electron chi connectivity index (χ1n) is 7.30. The van der Waals surface area contributed by atoms with Crippen LogP contribution in [0.2, 0.25) is 0 Å². The lowest BCUT2D eigenvalue weighted by atomic mass is 9.96. The van der Waals surface area contributed by atoms with Gasteiger partial charge in [-0.25, -0.2) is 4.98 Å². The number of nitrogens with zero attached hydrogens (tertiary/aromatic N) is 4. The molecule has 1 aliphatic heterocycles. The average Bonchev–Trinajstić information content (AvgIpc) is 3.05. The van der Waals surface area contributed by atoms with E-state index in [1.54, 1.807) is 6.08 Å². The van der Waals surface area contributed by atoms with Crippen molar-refractivity contribution in [3.05, 3.63) is 19.0 Å². The minimum Gasteiger partial charge on any atom is -0.472 e. The van der Waals surface area contributed by atoms with Crippen LogP contribution in [0, 0.1) is 0 Å². The highest BCUT2D eigenvalue weighted by Crippen LogP contribution is 2.39. The summed E-state index contributed by atoms with van der Waals surface area (Å²) in [6, 6.07) is 0. The quantitative estimate of drug-likeness (QED) is 0.503. The number of aliphatic hydroxyl groups excluding tert-OH is 2. The minimum absolute atomic E-state index is 0.0415. The zero-order chi connectivity index (χ0) is 17.5. The molecule has 0 radical (unpaired) electrons. The number of aliphatic hydroxyl groups is 3. The summed E-state index contributed by atoms with van der Waals surface area (Å²) < 4.78 is 12.4. The Morgan fingerprint density at radius 1 is 1.54 bits per heavy atom. The molecule has 0 saturated carbocycles. The number of imidazole rings is 1. The molecule has 3 heterocycles. The van der Waals surface area contributed by atoms with Gasteiger partial charge in [0.15, 0.2) is 17.4 Å². The summed E-state index contributed by atoms with van der Waals surface area (Å²) >= 11 is 0. The molecular formula is C14H19N5O5. The van der Waals surface area contributed by atoms with Crippen molar-refractivity contribution in [3.8, 4) is 5.88 Å². The van der Waals surface area contributed by atoms with Gasteiger partial charge in [-0.15, -0.1) is 0 Å². The summed E-state index contributed by atoms with van der Waals surface area (Å²) in [6.07, 6.45) is -0.297. The van der Waals surface area contributed by atoms with E-state index >= 15 is 0 Å². The van der Waals surface area contributed by atoms with E-state index in [4.69, 9.17) is 15.2 Å². The van der Waals surface area contributed by atoms with E-state index in [2.05, 4.69) is 21.5 Å². The molecule has 24 heavy (non-hydrogen) atoms. The van der Waals surface area contributed by atoms with Gasteiger partial charge >= 0.3 is 0 Å². The molecule has 1 saturated heterocycles. The molecule has 4 atom stereocenters. The monoisotopic (exact) mass is 337 g/mol. The fourth-order valence-corrected chi connectivity index (χ4v) is 2.71. The number of rotatable bonds is 5. The van der Waals surface area contributed by atoms with Gasteiger partial charge in [0.1, 0.15) is 24.4 Å². The normalized spacial score (nSPS) is 29.9. The third-order valence-electron chi connectivity index (χ3n) is 3.93. The number of fused-ring (bicyclic) bond motifs is 1. The van der Waals surface area contributed by atoms with E-state index in [1.165, 1.54) is 17.8 Å². The Morgan fingerprint density at radius 2 is 2.29 bits per heavy atom. The fraction of sp³-hybridized carbons (Fsp3) is 0.500. The highest BCUT2D eigenvalue weighted by atomic mass is 16.6. The van der Waals surface area contributed by atoms with Crippen molar-refractivity contribution < 1.29 is 24.8 Å². The van der Waals surface area contributed by atoms with E-state index in [1.807, 2.05) is 0 Å². The molecule has 2 aromatic heterocycles. The third-order valence-corrected chi connectivity index (χ3v) is 3.93. The van der Waals surface area contributed by atoms with Gasteiger partial charge < -0.3 is 30.5 Å². The Bertz CT molecular complexity index is 761. The van der Waals surface area contributed by atoms with Crippen LogP contribution in [0.1, 0.15) is 13.2 Å². The van der Waals surface area contributed by atoms with Gasteiger partial charge in [0.2, 0.25) is 11.8 Å². The Hall–Kier alpha value is -2.27. The highest BCUT2D eigenvalue weighted by molar-refractivity contribution is 5.77. The van der Waals surface area contributed by atoms with Gasteiger partial charge in [0.25, 0.3) is 0 Å². The van der Waals surface area contributed by atoms with Crippen LogP contribution in [0.15, 0.2) is 19.0 Å². The zero-order valence-electron chi connectivity index (χ0n) is 13.0. The summed E-state index contributed by atoms with van der Waals surface area (Å²) in [6.45, 7) is 4.74. The Morgan fingerprint density at radius 3 is 2.92 bits per heavy atom. The van der Waals surface area contributed by atoms with Crippen molar-refractivity contribution in [2.24, 2.45) is 0 Å². The number of aromatic nitrogens is 4. The second-order valence-corrected chi connectivity index (χ2v) is 5.69. The van der Waals surface area contributed by atoms with Crippen LogP contribution in [0.3, 0.4) is 0 Å². The highest BCUT2D eigenvalue weighted by Gasteiger charge is 2.53. The molecule has 2 aromatic rings. The first-order chi connectivity index (χ1) is 11.4. The summed E-state index contributed by atoms with van der Waals surface area (Å²) in [5.41, 5.74) is 4.65. The minimum atomic E-state index is -1.66. The van der Waals surface area contributed by atoms with Crippen LogP contribution >= 0.6 is 0 Å². The summed E-state index contributed by atoms with van der Waals surface area (Å²) in [4.78, 5) is 12.3. The van der Waals surface area contributed by atoms with Crippen molar-refractivity contribution in [2.75, 3.05) is 18.9 Å². The smallest absolute Gasteiger partial charge is 0.247 e. The zero-order valence-corrected chi connectivity index (χ0v) is 13.0. The second-order valence-electron chi connectivity index (χ2n) is 5.69. The molecule has 130 valence electrons. The predicted molar refractivity (Wildman–Crippen MR) is 83.1 cm³/mol. The first-order valence-corrected chi connectivity index (χ1v) is 7.30.